The summed E-state index contributed by atoms with van der Waals surface area (Å²) in [5, 5.41) is 3.32. The van der Waals surface area contributed by atoms with Crippen molar-refractivity contribution in [2.24, 2.45) is 5.92 Å². The van der Waals surface area contributed by atoms with Crippen LogP contribution in [0.5, 0.6) is 0 Å². The predicted octanol–water partition coefficient (Wildman–Crippen LogP) is 2.59. The first-order chi connectivity index (χ1) is 9.08. The molecule has 4 nitrogen and oxygen atoms in total. The van der Waals surface area contributed by atoms with E-state index in [0.717, 1.165) is 19.0 Å². The first-order valence-corrected chi connectivity index (χ1v) is 7.03. The Bertz CT molecular complexity index is 460. The summed E-state index contributed by atoms with van der Waals surface area (Å²) in [5.41, 5.74) is 6.85. The first kappa shape index (κ1) is 14.2. The number of amides is 1. The van der Waals surface area contributed by atoms with Gasteiger partial charge in [0, 0.05) is 12.2 Å². The minimum Gasteiger partial charge on any atom is -0.399 e. The summed E-state index contributed by atoms with van der Waals surface area (Å²) in [7, 11) is 0. The van der Waals surface area contributed by atoms with Gasteiger partial charge in [-0.25, -0.2) is 0 Å². The molecule has 1 aliphatic carbocycles. The fourth-order valence-electron chi connectivity index (χ4n) is 2.00. The molecule has 1 aliphatic rings. The summed E-state index contributed by atoms with van der Waals surface area (Å²) in [6.45, 7) is 4.37. The lowest BCUT2D eigenvalue weighted by molar-refractivity contribution is -0.117. The number of nitrogens with one attached hydrogen (secondary N) is 1. The molecule has 0 aromatic heterocycles. The number of nitrogens with zero attached hydrogens (tertiary/aromatic N) is 1. The highest BCUT2D eigenvalue weighted by molar-refractivity contribution is 6.33. The number of likely N-dealkylation sites (N-methyl/N-ethyl adjacent to an activating group) is 1. The standard InChI is InChI=1S/C14H20ClN3O/c1-2-18(8-10-3-4-10)9-14(19)17-13-7-11(16)5-6-12(13)15/h5-7,10H,2-4,8-9,16H2,1H3,(H,17,19). The van der Waals surface area contributed by atoms with Crippen LogP contribution in [0.2, 0.25) is 5.02 Å². The lowest BCUT2D eigenvalue weighted by atomic mass is 10.2. The number of carbonyl (C=O) groups is 1. The molecular formula is C14H20ClN3O. The van der Waals surface area contributed by atoms with Gasteiger partial charge in [0.25, 0.3) is 0 Å². The highest BCUT2D eigenvalue weighted by atomic mass is 35.5. The molecule has 0 aliphatic heterocycles. The monoisotopic (exact) mass is 281 g/mol. The third kappa shape index (κ3) is 4.40. The summed E-state index contributed by atoms with van der Waals surface area (Å²) in [6, 6.07) is 5.08. The Labute approximate surface area is 118 Å². The van der Waals surface area contributed by atoms with Gasteiger partial charge in [0.2, 0.25) is 5.91 Å². The third-order valence-corrected chi connectivity index (χ3v) is 3.62. The van der Waals surface area contributed by atoms with E-state index in [1.165, 1.54) is 12.8 Å². The zero-order chi connectivity index (χ0) is 13.8. The van der Waals surface area contributed by atoms with Gasteiger partial charge in [-0.3, -0.25) is 9.69 Å². The van der Waals surface area contributed by atoms with E-state index in [4.69, 9.17) is 17.3 Å². The molecule has 1 aromatic rings. The molecule has 1 amide bonds. The molecule has 5 heteroatoms. The van der Waals surface area contributed by atoms with E-state index < -0.39 is 0 Å². The van der Waals surface area contributed by atoms with Crippen LogP contribution < -0.4 is 11.1 Å². The molecule has 1 saturated carbocycles. The molecule has 0 saturated heterocycles. The molecular weight excluding hydrogens is 262 g/mol. The van der Waals surface area contributed by atoms with Crippen LogP contribution in [0.1, 0.15) is 19.8 Å². The van der Waals surface area contributed by atoms with E-state index in [2.05, 4.69) is 17.1 Å². The molecule has 104 valence electrons. The Morgan fingerprint density at radius 1 is 1.53 bits per heavy atom. The van der Waals surface area contributed by atoms with Crippen LogP contribution in [0, 0.1) is 5.92 Å². The second kappa shape index (κ2) is 6.26. The average Bonchev–Trinajstić information content (AvgIpc) is 3.17. The maximum absolute atomic E-state index is 12.0. The second-order valence-corrected chi connectivity index (χ2v) is 5.47. The molecule has 0 unspecified atom stereocenters. The fraction of sp³-hybridized carbons (Fsp3) is 0.500. The van der Waals surface area contributed by atoms with Gasteiger partial charge < -0.3 is 11.1 Å². The first-order valence-electron chi connectivity index (χ1n) is 6.65. The molecule has 2 rings (SSSR count). The molecule has 19 heavy (non-hydrogen) atoms. The average molecular weight is 282 g/mol. The third-order valence-electron chi connectivity index (χ3n) is 3.29. The number of benzene rings is 1. The lowest BCUT2D eigenvalue weighted by Gasteiger charge is -2.19. The summed E-state index contributed by atoms with van der Waals surface area (Å²) in [4.78, 5) is 14.2. The number of hydrogen-bond acceptors (Lipinski definition) is 3. The summed E-state index contributed by atoms with van der Waals surface area (Å²) in [6.07, 6.45) is 2.58. The largest absolute Gasteiger partial charge is 0.399 e. The van der Waals surface area contributed by atoms with Gasteiger partial charge in [0.1, 0.15) is 0 Å². The molecule has 3 N–H and O–H groups in total. The number of hydrogen-bond donors (Lipinski definition) is 2. The topological polar surface area (TPSA) is 58.4 Å². The molecule has 0 spiro atoms. The van der Waals surface area contributed by atoms with E-state index >= 15 is 0 Å². The molecule has 0 heterocycles. The zero-order valence-corrected chi connectivity index (χ0v) is 11.9. The molecule has 1 fully saturated rings. The Kier molecular flexibility index (Phi) is 4.66. The van der Waals surface area contributed by atoms with Gasteiger partial charge in [-0.2, -0.15) is 0 Å². The van der Waals surface area contributed by atoms with E-state index in [0.29, 0.717) is 22.9 Å². The van der Waals surface area contributed by atoms with Crippen molar-refractivity contribution < 1.29 is 4.79 Å². The Balaban J connectivity index is 1.90. The number of carbonyl (C=O) groups excluding carboxylic acids is 1. The van der Waals surface area contributed by atoms with Crippen molar-refractivity contribution in [2.45, 2.75) is 19.8 Å². The number of nitrogens with two attached hydrogens (primary N) is 1. The van der Waals surface area contributed by atoms with Crippen molar-refractivity contribution in [2.75, 3.05) is 30.7 Å². The number of rotatable bonds is 6. The normalized spacial score (nSPS) is 14.7. The highest BCUT2D eigenvalue weighted by Gasteiger charge is 2.24. The van der Waals surface area contributed by atoms with Crippen LogP contribution >= 0.6 is 11.6 Å². The fourth-order valence-corrected chi connectivity index (χ4v) is 2.17. The molecule has 1 aromatic carbocycles. The van der Waals surface area contributed by atoms with Crippen LogP contribution in [0.15, 0.2) is 18.2 Å². The van der Waals surface area contributed by atoms with Crippen LogP contribution in [-0.2, 0) is 4.79 Å². The molecule has 0 atom stereocenters. The maximum Gasteiger partial charge on any atom is 0.238 e. The maximum atomic E-state index is 12.0. The van der Waals surface area contributed by atoms with Crippen molar-refractivity contribution in [3.63, 3.8) is 0 Å². The zero-order valence-electron chi connectivity index (χ0n) is 11.2. The lowest BCUT2D eigenvalue weighted by Crippen LogP contribution is -2.34. The van der Waals surface area contributed by atoms with Crippen LogP contribution in [0.25, 0.3) is 0 Å². The van der Waals surface area contributed by atoms with Gasteiger partial charge >= 0.3 is 0 Å². The van der Waals surface area contributed by atoms with Crippen molar-refractivity contribution in [1.82, 2.24) is 4.90 Å². The van der Waals surface area contributed by atoms with Crippen molar-refractivity contribution >= 4 is 28.9 Å². The van der Waals surface area contributed by atoms with Crippen LogP contribution in [0.4, 0.5) is 11.4 Å². The minimum atomic E-state index is -0.0463. The second-order valence-electron chi connectivity index (χ2n) is 5.06. The van der Waals surface area contributed by atoms with E-state index in [1.54, 1.807) is 18.2 Å². The van der Waals surface area contributed by atoms with Crippen LogP contribution in [0.3, 0.4) is 0 Å². The number of nitrogen functional groups attached to an aromatic ring is 1. The minimum absolute atomic E-state index is 0.0463. The van der Waals surface area contributed by atoms with Crippen LogP contribution in [-0.4, -0.2) is 30.4 Å². The van der Waals surface area contributed by atoms with Gasteiger partial charge in [-0.15, -0.1) is 0 Å². The quantitative estimate of drug-likeness (QED) is 0.788. The van der Waals surface area contributed by atoms with E-state index in [-0.39, 0.29) is 5.91 Å². The summed E-state index contributed by atoms with van der Waals surface area (Å²) in [5.74, 6) is 0.735. The Morgan fingerprint density at radius 3 is 2.89 bits per heavy atom. The van der Waals surface area contributed by atoms with Gasteiger partial charge in [-0.05, 0) is 43.5 Å². The van der Waals surface area contributed by atoms with Gasteiger partial charge in [0.05, 0.1) is 17.3 Å². The Morgan fingerprint density at radius 2 is 2.26 bits per heavy atom. The summed E-state index contributed by atoms with van der Waals surface area (Å²) < 4.78 is 0. The molecule has 0 bridgehead atoms. The summed E-state index contributed by atoms with van der Waals surface area (Å²) >= 11 is 6.02. The SMILES string of the molecule is CCN(CC(=O)Nc1cc(N)ccc1Cl)CC1CC1. The van der Waals surface area contributed by atoms with E-state index in [1.807, 2.05) is 0 Å². The smallest absolute Gasteiger partial charge is 0.238 e. The van der Waals surface area contributed by atoms with Gasteiger partial charge in [0.15, 0.2) is 0 Å². The van der Waals surface area contributed by atoms with Crippen molar-refractivity contribution in [3.05, 3.63) is 23.2 Å². The molecule has 0 radical (unpaired) electrons. The highest BCUT2D eigenvalue weighted by Crippen LogP contribution is 2.29. The van der Waals surface area contributed by atoms with E-state index in [9.17, 15) is 4.79 Å². The predicted molar refractivity (Wildman–Crippen MR) is 79.3 cm³/mol. The van der Waals surface area contributed by atoms with Gasteiger partial charge in [-0.1, -0.05) is 18.5 Å². The number of halogens is 1. The Hall–Kier alpha value is -1.26. The van der Waals surface area contributed by atoms with Crippen molar-refractivity contribution in [3.8, 4) is 0 Å². The van der Waals surface area contributed by atoms with Crippen molar-refractivity contribution in [1.29, 1.82) is 0 Å². The number of anilines is 2.